The van der Waals surface area contributed by atoms with Gasteiger partial charge in [-0.05, 0) is 37.6 Å². The maximum atomic E-state index is 11.0. The highest BCUT2D eigenvalue weighted by Gasteiger charge is 2.28. The van der Waals surface area contributed by atoms with Crippen molar-refractivity contribution >= 4 is 11.3 Å². The lowest BCUT2D eigenvalue weighted by Gasteiger charge is -2.31. The Balaban J connectivity index is 2.21. The van der Waals surface area contributed by atoms with Crippen molar-refractivity contribution in [2.75, 3.05) is 0 Å². The Bertz CT molecular complexity index is 736. The van der Waals surface area contributed by atoms with Gasteiger partial charge in [-0.3, -0.25) is 15.1 Å². The molecule has 21 heavy (non-hydrogen) atoms. The van der Waals surface area contributed by atoms with Crippen LogP contribution in [0.4, 0.5) is 5.69 Å². The van der Waals surface area contributed by atoms with Gasteiger partial charge in [-0.1, -0.05) is 6.07 Å². The van der Waals surface area contributed by atoms with E-state index < -0.39 is 10.5 Å². The summed E-state index contributed by atoms with van der Waals surface area (Å²) >= 11 is 0. The molecule has 1 aliphatic heterocycles. The molecular weight excluding hydrogens is 268 g/mol. The molecule has 106 valence electrons. The first-order valence-electron chi connectivity index (χ1n) is 6.57. The molecule has 0 fully saturated rings. The summed E-state index contributed by atoms with van der Waals surface area (Å²) in [7, 11) is 0. The third kappa shape index (κ3) is 2.50. The highest BCUT2D eigenvalue weighted by molar-refractivity contribution is 5.85. The van der Waals surface area contributed by atoms with Gasteiger partial charge in [0.2, 0.25) is 0 Å². The Morgan fingerprint density at radius 1 is 1.29 bits per heavy atom. The number of rotatable bonds is 2. The zero-order chi connectivity index (χ0) is 15.0. The molecule has 5 heteroatoms. The zero-order valence-corrected chi connectivity index (χ0v) is 11.7. The Morgan fingerprint density at radius 2 is 2.10 bits per heavy atom. The van der Waals surface area contributed by atoms with Crippen molar-refractivity contribution in [3.8, 4) is 5.75 Å². The Kier molecular flexibility index (Phi) is 2.97. The lowest BCUT2D eigenvalue weighted by molar-refractivity contribution is -0.384. The van der Waals surface area contributed by atoms with Crippen LogP contribution in [-0.4, -0.2) is 15.5 Å². The number of non-ortho nitro benzene ring substituents is 1. The first kappa shape index (κ1) is 13.3. The third-order valence-corrected chi connectivity index (χ3v) is 3.30. The largest absolute Gasteiger partial charge is 0.483 e. The number of hydrogen-bond acceptors (Lipinski definition) is 4. The number of nitro benzene ring substituents is 1. The van der Waals surface area contributed by atoms with Gasteiger partial charge in [-0.2, -0.15) is 0 Å². The summed E-state index contributed by atoms with van der Waals surface area (Å²) in [6, 6.07) is 8.43. The van der Waals surface area contributed by atoms with E-state index in [9.17, 15) is 10.1 Å². The van der Waals surface area contributed by atoms with E-state index in [-0.39, 0.29) is 5.69 Å². The van der Waals surface area contributed by atoms with E-state index in [0.717, 1.165) is 16.7 Å². The number of nitro groups is 1. The highest BCUT2D eigenvalue weighted by atomic mass is 16.6. The summed E-state index contributed by atoms with van der Waals surface area (Å²) in [5.41, 5.74) is 2.10. The van der Waals surface area contributed by atoms with Crippen LogP contribution in [0.2, 0.25) is 0 Å². The van der Waals surface area contributed by atoms with E-state index in [1.165, 1.54) is 6.07 Å². The van der Waals surface area contributed by atoms with Gasteiger partial charge in [0.15, 0.2) is 0 Å². The Labute approximate surface area is 122 Å². The van der Waals surface area contributed by atoms with Crippen LogP contribution < -0.4 is 4.74 Å². The van der Waals surface area contributed by atoms with E-state index in [1.54, 1.807) is 24.5 Å². The van der Waals surface area contributed by atoms with Crippen LogP contribution in [-0.2, 0) is 0 Å². The summed E-state index contributed by atoms with van der Waals surface area (Å²) in [5.74, 6) is 0.645. The summed E-state index contributed by atoms with van der Waals surface area (Å²) in [6.45, 7) is 3.90. The van der Waals surface area contributed by atoms with Crippen LogP contribution in [0, 0.1) is 10.1 Å². The summed E-state index contributed by atoms with van der Waals surface area (Å²) in [6.07, 6.45) is 5.41. The van der Waals surface area contributed by atoms with E-state index in [2.05, 4.69) is 4.98 Å². The van der Waals surface area contributed by atoms with Gasteiger partial charge in [0.05, 0.1) is 4.92 Å². The zero-order valence-electron chi connectivity index (χ0n) is 11.7. The molecule has 1 aromatic carbocycles. The minimum Gasteiger partial charge on any atom is -0.483 e. The van der Waals surface area contributed by atoms with Gasteiger partial charge in [0.25, 0.3) is 5.69 Å². The molecule has 0 spiro atoms. The smallest absolute Gasteiger partial charge is 0.270 e. The van der Waals surface area contributed by atoms with Crippen LogP contribution in [0.1, 0.15) is 25.0 Å². The van der Waals surface area contributed by atoms with Crippen LogP contribution >= 0.6 is 0 Å². The second-order valence-corrected chi connectivity index (χ2v) is 5.44. The second kappa shape index (κ2) is 4.70. The first-order chi connectivity index (χ1) is 9.96. The molecule has 1 aliphatic rings. The monoisotopic (exact) mass is 282 g/mol. The molecule has 0 saturated heterocycles. The number of fused-ring (bicyclic) bond motifs is 1. The van der Waals surface area contributed by atoms with Crippen molar-refractivity contribution < 1.29 is 9.66 Å². The van der Waals surface area contributed by atoms with Gasteiger partial charge < -0.3 is 4.74 Å². The molecule has 0 unspecified atom stereocenters. The molecule has 5 nitrogen and oxygen atoms in total. The van der Waals surface area contributed by atoms with Gasteiger partial charge in [0.1, 0.15) is 11.4 Å². The van der Waals surface area contributed by atoms with Gasteiger partial charge in [-0.15, -0.1) is 0 Å². The number of aromatic nitrogens is 1. The van der Waals surface area contributed by atoms with Crippen LogP contribution in [0.15, 0.2) is 48.8 Å². The van der Waals surface area contributed by atoms with Crippen molar-refractivity contribution in [1.29, 1.82) is 0 Å². The fourth-order valence-corrected chi connectivity index (χ4v) is 2.43. The van der Waals surface area contributed by atoms with Crippen LogP contribution in [0.3, 0.4) is 0 Å². The average Bonchev–Trinajstić information content (AvgIpc) is 2.46. The molecule has 0 aliphatic carbocycles. The minimum absolute atomic E-state index is 0.0480. The standard InChI is InChI=1S/C16H14N2O3/c1-16(2)9-14(11-4-3-7-17-10-11)13-8-12(18(19)20)5-6-15(13)21-16/h3-10H,1-2H3. The fourth-order valence-electron chi connectivity index (χ4n) is 2.43. The maximum absolute atomic E-state index is 11.0. The minimum atomic E-state index is -0.478. The predicted octanol–water partition coefficient (Wildman–Crippen LogP) is 3.59. The molecular formula is C16H14N2O3. The van der Waals surface area contributed by atoms with Crippen LogP contribution in [0.25, 0.3) is 5.57 Å². The predicted molar refractivity (Wildman–Crippen MR) is 79.1 cm³/mol. The quantitative estimate of drug-likeness (QED) is 0.623. The number of pyridine rings is 1. The van der Waals surface area contributed by atoms with Crippen molar-refractivity contribution in [2.45, 2.75) is 19.4 Å². The van der Waals surface area contributed by atoms with Crippen molar-refractivity contribution in [1.82, 2.24) is 4.98 Å². The van der Waals surface area contributed by atoms with Gasteiger partial charge in [-0.25, -0.2) is 0 Å². The molecule has 0 radical (unpaired) electrons. The number of nitrogens with zero attached hydrogens (tertiary/aromatic N) is 2. The molecule has 3 rings (SSSR count). The highest BCUT2D eigenvalue weighted by Crippen LogP contribution is 2.40. The fraction of sp³-hybridized carbons (Fsp3) is 0.188. The Hall–Kier alpha value is -2.69. The molecule has 2 heterocycles. The van der Waals surface area contributed by atoms with E-state index in [0.29, 0.717) is 5.75 Å². The molecule has 0 saturated carbocycles. The van der Waals surface area contributed by atoms with E-state index >= 15 is 0 Å². The van der Waals surface area contributed by atoms with Gasteiger partial charge in [0, 0.05) is 35.7 Å². The van der Waals surface area contributed by atoms with E-state index in [4.69, 9.17) is 4.74 Å². The lowest BCUT2D eigenvalue weighted by atomic mass is 9.90. The average molecular weight is 282 g/mol. The number of benzene rings is 1. The van der Waals surface area contributed by atoms with Crippen LogP contribution in [0.5, 0.6) is 5.75 Å². The second-order valence-electron chi connectivity index (χ2n) is 5.44. The molecule has 1 aromatic heterocycles. The SMILES string of the molecule is CC1(C)C=C(c2cccnc2)c2cc([N+](=O)[O-])ccc2O1. The normalized spacial score (nSPS) is 15.6. The third-order valence-electron chi connectivity index (χ3n) is 3.30. The molecule has 0 bridgehead atoms. The first-order valence-corrected chi connectivity index (χ1v) is 6.57. The number of ether oxygens (including phenoxy) is 1. The lowest BCUT2D eigenvalue weighted by Crippen LogP contribution is -2.29. The van der Waals surface area contributed by atoms with E-state index in [1.807, 2.05) is 32.1 Å². The molecule has 0 N–H and O–H groups in total. The molecule has 0 atom stereocenters. The molecule has 0 amide bonds. The Morgan fingerprint density at radius 3 is 2.76 bits per heavy atom. The van der Waals surface area contributed by atoms with Crippen molar-refractivity contribution in [2.24, 2.45) is 0 Å². The molecule has 2 aromatic rings. The number of hydrogen-bond donors (Lipinski definition) is 0. The van der Waals surface area contributed by atoms with Gasteiger partial charge >= 0.3 is 0 Å². The van der Waals surface area contributed by atoms with Crippen molar-refractivity contribution in [3.63, 3.8) is 0 Å². The maximum Gasteiger partial charge on any atom is 0.270 e. The topological polar surface area (TPSA) is 65.3 Å². The summed E-state index contributed by atoms with van der Waals surface area (Å²) < 4.78 is 5.89. The summed E-state index contributed by atoms with van der Waals surface area (Å²) in [4.78, 5) is 14.7. The summed E-state index contributed by atoms with van der Waals surface area (Å²) in [5, 5.41) is 11.0. The van der Waals surface area contributed by atoms with Crippen molar-refractivity contribution in [3.05, 3.63) is 70.0 Å².